The zero-order valence-corrected chi connectivity index (χ0v) is 15.7. The van der Waals surface area contributed by atoms with E-state index in [2.05, 4.69) is 25.8 Å². The third-order valence-electron chi connectivity index (χ3n) is 4.32. The van der Waals surface area contributed by atoms with Crippen molar-refractivity contribution in [1.82, 2.24) is 19.7 Å². The maximum Gasteiger partial charge on any atom is 0.191 e. The Morgan fingerprint density at radius 3 is 3.00 bits per heavy atom. The van der Waals surface area contributed by atoms with Crippen LogP contribution in [0.25, 0.3) is 15.8 Å². The smallest absolute Gasteiger partial charge is 0.191 e. The van der Waals surface area contributed by atoms with E-state index in [9.17, 15) is 10.4 Å². The molecule has 0 fully saturated rings. The SMILES string of the molecule is N#C/C(=C(/O)CSc1nnc2n1CCCCC2)c1nc2ccccc2s1. The molecule has 0 saturated carbocycles. The van der Waals surface area contributed by atoms with Crippen molar-refractivity contribution < 1.29 is 5.11 Å². The predicted octanol–water partition coefficient (Wildman–Crippen LogP) is 4.20. The topological polar surface area (TPSA) is 87.6 Å². The number of nitriles is 1. The molecule has 0 unspecified atom stereocenters. The summed E-state index contributed by atoms with van der Waals surface area (Å²) >= 11 is 2.82. The highest BCUT2D eigenvalue weighted by Crippen LogP contribution is 2.30. The average molecular weight is 384 g/mol. The molecule has 1 aromatic carbocycles. The van der Waals surface area contributed by atoms with Gasteiger partial charge in [0, 0.05) is 13.0 Å². The van der Waals surface area contributed by atoms with Crippen molar-refractivity contribution in [3.05, 3.63) is 40.9 Å². The first-order valence-corrected chi connectivity index (χ1v) is 10.3. The van der Waals surface area contributed by atoms with E-state index in [4.69, 9.17) is 0 Å². The van der Waals surface area contributed by atoms with Gasteiger partial charge in [0.2, 0.25) is 0 Å². The fourth-order valence-corrected chi connectivity index (χ4v) is 4.83. The summed E-state index contributed by atoms with van der Waals surface area (Å²) in [6.45, 7) is 0.915. The second kappa shape index (κ2) is 7.48. The monoisotopic (exact) mass is 383 g/mol. The number of fused-ring (bicyclic) bond motifs is 2. The van der Waals surface area contributed by atoms with E-state index < -0.39 is 0 Å². The number of thioether (sulfide) groups is 1. The van der Waals surface area contributed by atoms with Crippen molar-refractivity contribution in [2.45, 2.75) is 37.4 Å². The highest BCUT2D eigenvalue weighted by Gasteiger charge is 2.18. The van der Waals surface area contributed by atoms with Crippen LogP contribution < -0.4 is 0 Å². The van der Waals surface area contributed by atoms with E-state index in [1.165, 1.54) is 29.5 Å². The molecule has 0 amide bonds. The van der Waals surface area contributed by atoms with Gasteiger partial charge >= 0.3 is 0 Å². The van der Waals surface area contributed by atoms with Gasteiger partial charge in [0.1, 0.15) is 28.2 Å². The molecule has 0 aliphatic carbocycles. The van der Waals surface area contributed by atoms with E-state index in [1.807, 2.05) is 24.3 Å². The maximum atomic E-state index is 10.5. The zero-order chi connectivity index (χ0) is 17.9. The molecule has 1 aliphatic rings. The highest BCUT2D eigenvalue weighted by atomic mass is 32.2. The number of aryl methyl sites for hydroxylation is 1. The summed E-state index contributed by atoms with van der Waals surface area (Å²) in [5.41, 5.74) is 1.07. The van der Waals surface area contributed by atoms with Crippen LogP contribution >= 0.6 is 23.1 Å². The van der Waals surface area contributed by atoms with Crippen molar-refractivity contribution in [3.63, 3.8) is 0 Å². The number of aliphatic hydroxyl groups excluding tert-OH is 1. The molecule has 6 nitrogen and oxygen atoms in total. The number of benzene rings is 1. The molecule has 1 aliphatic heterocycles. The largest absolute Gasteiger partial charge is 0.510 e. The van der Waals surface area contributed by atoms with Gasteiger partial charge in [0.05, 0.1) is 16.0 Å². The molecular weight excluding hydrogens is 366 g/mol. The molecule has 0 spiro atoms. The summed E-state index contributed by atoms with van der Waals surface area (Å²) in [5, 5.41) is 29.9. The van der Waals surface area contributed by atoms with Gasteiger partial charge in [-0.05, 0) is 25.0 Å². The van der Waals surface area contributed by atoms with Gasteiger partial charge in [0.25, 0.3) is 0 Å². The van der Waals surface area contributed by atoms with Gasteiger partial charge in [-0.3, -0.25) is 0 Å². The van der Waals surface area contributed by atoms with E-state index in [0.29, 0.717) is 5.01 Å². The Labute approximate surface area is 159 Å². The number of allylic oxidation sites excluding steroid dienone is 1. The lowest BCUT2D eigenvalue weighted by Crippen LogP contribution is -2.03. The Morgan fingerprint density at radius 1 is 1.27 bits per heavy atom. The second-order valence-electron chi connectivity index (χ2n) is 6.07. The van der Waals surface area contributed by atoms with E-state index in [-0.39, 0.29) is 17.1 Å². The van der Waals surface area contributed by atoms with Gasteiger partial charge in [-0.25, -0.2) is 4.98 Å². The molecule has 0 radical (unpaired) electrons. The van der Waals surface area contributed by atoms with Gasteiger partial charge in [-0.1, -0.05) is 30.3 Å². The summed E-state index contributed by atoms with van der Waals surface area (Å²) in [4.78, 5) is 4.47. The first-order chi connectivity index (χ1) is 12.8. The Hall–Kier alpha value is -2.37. The third-order valence-corrected chi connectivity index (χ3v) is 6.35. The number of rotatable bonds is 4. The van der Waals surface area contributed by atoms with Gasteiger partial charge < -0.3 is 9.67 Å². The van der Waals surface area contributed by atoms with Crippen LogP contribution in [0.5, 0.6) is 0 Å². The van der Waals surface area contributed by atoms with Crippen LogP contribution in [0.15, 0.2) is 35.2 Å². The molecule has 0 bridgehead atoms. The lowest BCUT2D eigenvalue weighted by molar-refractivity contribution is 0.420. The van der Waals surface area contributed by atoms with Crippen LogP contribution in [0.1, 0.15) is 30.1 Å². The van der Waals surface area contributed by atoms with Crippen molar-refractivity contribution in [2.75, 3.05) is 5.75 Å². The molecule has 2 aromatic heterocycles. The van der Waals surface area contributed by atoms with Crippen LogP contribution in [0.4, 0.5) is 0 Å². The standard InChI is InChI=1S/C18H17N5OS2/c19-10-12(17-20-13-6-3-4-7-15(13)26-17)14(24)11-25-18-22-21-16-8-2-1-5-9-23(16)18/h3-4,6-7,24H,1-2,5,8-9,11H2/b14-12-. The molecule has 0 atom stereocenters. The molecule has 4 rings (SSSR count). The molecular formula is C18H17N5OS2. The summed E-state index contributed by atoms with van der Waals surface area (Å²) in [5.74, 6) is 1.32. The fraction of sp³-hybridized carbons (Fsp3) is 0.333. The van der Waals surface area contributed by atoms with Crippen LogP contribution in [-0.2, 0) is 13.0 Å². The van der Waals surface area contributed by atoms with E-state index >= 15 is 0 Å². The lowest BCUT2D eigenvalue weighted by Gasteiger charge is -2.06. The first-order valence-electron chi connectivity index (χ1n) is 8.49. The Bertz CT molecular complexity index is 981. The molecule has 3 aromatic rings. The van der Waals surface area contributed by atoms with Crippen LogP contribution in [0.3, 0.4) is 0 Å². The molecule has 0 saturated heterocycles. The lowest BCUT2D eigenvalue weighted by atomic mass is 10.2. The number of aromatic nitrogens is 4. The van der Waals surface area contributed by atoms with Crippen LogP contribution in [0, 0.1) is 11.3 Å². The van der Waals surface area contributed by atoms with Gasteiger partial charge in [0.15, 0.2) is 5.16 Å². The highest BCUT2D eigenvalue weighted by molar-refractivity contribution is 7.99. The minimum atomic E-state index is 0.0301. The van der Waals surface area contributed by atoms with Crippen molar-refractivity contribution >= 4 is 38.9 Å². The second-order valence-corrected chi connectivity index (χ2v) is 8.04. The number of thiazole rings is 1. The number of hydrogen-bond donors (Lipinski definition) is 1. The summed E-state index contributed by atoms with van der Waals surface area (Å²) in [6.07, 6.45) is 4.42. The quantitative estimate of drug-likeness (QED) is 0.413. The minimum absolute atomic E-state index is 0.0301. The molecule has 132 valence electrons. The van der Waals surface area contributed by atoms with E-state index in [0.717, 1.165) is 47.0 Å². The maximum absolute atomic E-state index is 10.5. The fourth-order valence-electron chi connectivity index (χ4n) is 2.99. The molecule has 1 N–H and O–H groups in total. The van der Waals surface area contributed by atoms with Crippen molar-refractivity contribution in [2.24, 2.45) is 0 Å². The van der Waals surface area contributed by atoms with Gasteiger partial charge in [-0.15, -0.1) is 21.5 Å². The average Bonchev–Trinajstić information content (AvgIpc) is 3.17. The zero-order valence-electron chi connectivity index (χ0n) is 14.1. The summed E-state index contributed by atoms with van der Waals surface area (Å²) in [6, 6.07) is 9.82. The molecule has 3 heterocycles. The minimum Gasteiger partial charge on any atom is -0.510 e. The number of aliphatic hydroxyl groups is 1. The Kier molecular flexibility index (Phi) is 4.91. The Morgan fingerprint density at radius 2 is 2.15 bits per heavy atom. The van der Waals surface area contributed by atoms with Crippen LogP contribution in [0.2, 0.25) is 0 Å². The van der Waals surface area contributed by atoms with Gasteiger partial charge in [-0.2, -0.15) is 5.26 Å². The normalized spacial score (nSPS) is 15.2. The summed E-state index contributed by atoms with van der Waals surface area (Å²) < 4.78 is 3.13. The predicted molar refractivity (Wildman–Crippen MR) is 103 cm³/mol. The number of hydrogen-bond acceptors (Lipinski definition) is 7. The summed E-state index contributed by atoms with van der Waals surface area (Å²) in [7, 11) is 0. The number of para-hydroxylation sites is 1. The van der Waals surface area contributed by atoms with Crippen molar-refractivity contribution in [1.29, 1.82) is 5.26 Å². The van der Waals surface area contributed by atoms with Crippen molar-refractivity contribution in [3.8, 4) is 6.07 Å². The first kappa shape index (κ1) is 17.1. The Balaban J connectivity index is 1.56. The van der Waals surface area contributed by atoms with E-state index in [1.54, 1.807) is 0 Å². The third kappa shape index (κ3) is 3.32. The molecule has 8 heteroatoms. The number of nitrogens with zero attached hydrogens (tertiary/aromatic N) is 5. The van der Waals surface area contributed by atoms with Crippen LogP contribution in [-0.4, -0.2) is 30.6 Å². The molecule has 26 heavy (non-hydrogen) atoms.